The van der Waals surface area contributed by atoms with Crippen LogP contribution in [0.2, 0.25) is 0 Å². The molecule has 0 aliphatic rings. The van der Waals surface area contributed by atoms with E-state index in [1.807, 2.05) is 42.5 Å². The maximum absolute atomic E-state index is 12.8. The standard InChI is InChI=1S/C29H31NO3/c1-2-3-4-5-6-7-10-21-32-25-19-15-24(16-20-25)27-11-8-9-12-28(27)29(31)33-26-17-13-23(22-30)14-18-26/h8-9,11-20H,2-7,10,21H2,1H3. The number of benzene rings is 3. The highest BCUT2D eigenvalue weighted by molar-refractivity contribution is 5.98. The summed E-state index contributed by atoms with van der Waals surface area (Å²) >= 11 is 0. The highest BCUT2D eigenvalue weighted by Gasteiger charge is 2.15. The van der Waals surface area contributed by atoms with Crippen LogP contribution < -0.4 is 9.47 Å². The molecular weight excluding hydrogens is 410 g/mol. The summed E-state index contributed by atoms with van der Waals surface area (Å²) in [6, 6.07) is 23.7. The zero-order valence-electron chi connectivity index (χ0n) is 19.3. The lowest BCUT2D eigenvalue weighted by molar-refractivity contribution is 0.0735. The number of nitrogens with zero attached hydrogens (tertiary/aromatic N) is 1. The molecule has 0 radical (unpaired) electrons. The van der Waals surface area contributed by atoms with Crippen molar-refractivity contribution in [2.45, 2.75) is 51.9 Å². The molecular formula is C29H31NO3. The average Bonchev–Trinajstić information content (AvgIpc) is 2.86. The second-order valence-corrected chi connectivity index (χ2v) is 8.07. The molecule has 0 unspecified atom stereocenters. The van der Waals surface area contributed by atoms with E-state index in [2.05, 4.69) is 13.0 Å². The van der Waals surface area contributed by atoms with Crippen molar-refractivity contribution in [2.75, 3.05) is 6.61 Å². The monoisotopic (exact) mass is 441 g/mol. The summed E-state index contributed by atoms with van der Waals surface area (Å²) in [6.07, 6.45) is 8.81. The van der Waals surface area contributed by atoms with Gasteiger partial charge in [-0.25, -0.2) is 4.79 Å². The van der Waals surface area contributed by atoms with Crippen molar-refractivity contribution in [1.29, 1.82) is 5.26 Å². The first-order chi connectivity index (χ1) is 16.2. The molecule has 3 aromatic rings. The lowest BCUT2D eigenvalue weighted by atomic mass is 9.99. The minimum atomic E-state index is -0.436. The van der Waals surface area contributed by atoms with Crippen molar-refractivity contribution < 1.29 is 14.3 Å². The summed E-state index contributed by atoms with van der Waals surface area (Å²) in [5.74, 6) is 0.805. The molecule has 0 heterocycles. The Morgan fingerprint density at radius 1 is 0.788 bits per heavy atom. The number of hydrogen-bond acceptors (Lipinski definition) is 4. The van der Waals surface area contributed by atoms with E-state index in [0.29, 0.717) is 16.9 Å². The van der Waals surface area contributed by atoms with Crippen molar-refractivity contribution in [3.63, 3.8) is 0 Å². The van der Waals surface area contributed by atoms with Crippen LogP contribution in [0.25, 0.3) is 11.1 Å². The molecule has 0 aliphatic heterocycles. The van der Waals surface area contributed by atoms with Crippen LogP contribution in [0, 0.1) is 11.3 Å². The second kappa shape index (κ2) is 13.1. The van der Waals surface area contributed by atoms with Crippen LogP contribution in [0.5, 0.6) is 11.5 Å². The topological polar surface area (TPSA) is 59.3 Å². The number of esters is 1. The molecule has 0 spiro atoms. The van der Waals surface area contributed by atoms with E-state index in [9.17, 15) is 4.79 Å². The largest absolute Gasteiger partial charge is 0.494 e. The summed E-state index contributed by atoms with van der Waals surface area (Å²) < 4.78 is 11.4. The molecule has 0 bridgehead atoms. The van der Waals surface area contributed by atoms with E-state index in [1.165, 1.54) is 38.5 Å². The fourth-order valence-electron chi connectivity index (χ4n) is 3.65. The Bertz CT molecular complexity index is 1050. The molecule has 0 saturated heterocycles. The molecule has 0 aliphatic carbocycles. The Hall–Kier alpha value is -3.58. The number of carbonyl (C=O) groups is 1. The summed E-state index contributed by atoms with van der Waals surface area (Å²) in [4.78, 5) is 12.8. The molecule has 0 saturated carbocycles. The Morgan fingerprint density at radius 2 is 1.42 bits per heavy atom. The number of hydrogen-bond donors (Lipinski definition) is 0. The van der Waals surface area contributed by atoms with Gasteiger partial charge < -0.3 is 9.47 Å². The maximum Gasteiger partial charge on any atom is 0.344 e. The van der Waals surface area contributed by atoms with Gasteiger partial charge in [0.05, 0.1) is 23.8 Å². The smallest absolute Gasteiger partial charge is 0.344 e. The zero-order valence-corrected chi connectivity index (χ0v) is 19.3. The quantitative estimate of drug-likeness (QED) is 0.165. The Kier molecular flexibility index (Phi) is 9.54. The zero-order chi connectivity index (χ0) is 23.3. The molecule has 170 valence electrons. The van der Waals surface area contributed by atoms with Gasteiger partial charge in [-0.1, -0.05) is 75.8 Å². The Balaban J connectivity index is 1.56. The van der Waals surface area contributed by atoms with Crippen molar-refractivity contribution in [1.82, 2.24) is 0 Å². The lowest BCUT2D eigenvalue weighted by Crippen LogP contribution is -2.10. The summed E-state index contributed by atoms with van der Waals surface area (Å²) in [5, 5.41) is 8.91. The molecule has 4 heteroatoms. The number of ether oxygens (including phenoxy) is 2. The predicted octanol–water partition coefficient (Wildman–Crippen LogP) is 7.57. The third-order valence-electron chi connectivity index (χ3n) is 5.52. The van der Waals surface area contributed by atoms with Gasteiger partial charge in [0.25, 0.3) is 0 Å². The lowest BCUT2D eigenvalue weighted by Gasteiger charge is -2.11. The van der Waals surface area contributed by atoms with Gasteiger partial charge in [-0.05, 0) is 60.0 Å². The number of unbranched alkanes of at least 4 members (excludes halogenated alkanes) is 6. The molecule has 33 heavy (non-hydrogen) atoms. The van der Waals surface area contributed by atoms with Gasteiger partial charge in [0.15, 0.2) is 0 Å². The number of carbonyl (C=O) groups excluding carboxylic acids is 1. The molecule has 0 N–H and O–H groups in total. The van der Waals surface area contributed by atoms with E-state index < -0.39 is 5.97 Å². The van der Waals surface area contributed by atoms with Gasteiger partial charge >= 0.3 is 5.97 Å². The summed E-state index contributed by atoms with van der Waals surface area (Å²) in [6.45, 7) is 2.96. The molecule has 4 nitrogen and oxygen atoms in total. The molecule has 0 fully saturated rings. The third kappa shape index (κ3) is 7.50. The SMILES string of the molecule is CCCCCCCCCOc1ccc(-c2ccccc2C(=O)Oc2ccc(C#N)cc2)cc1. The average molecular weight is 442 g/mol. The highest BCUT2D eigenvalue weighted by atomic mass is 16.5. The second-order valence-electron chi connectivity index (χ2n) is 8.07. The normalized spacial score (nSPS) is 10.4. The molecule has 0 aromatic heterocycles. The van der Waals surface area contributed by atoms with Crippen molar-refractivity contribution in [2.24, 2.45) is 0 Å². The van der Waals surface area contributed by atoms with Gasteiger partial charge in [-0.2, -0.15) is 5.26 Å². The van der Waals surface area contributed by atoms with Crippen LogP contribution in [0.15, 0.2) is 72.8 Å². The highest BCUT2D eigenvalue weighted by Crippen LogP contribution is 2.27. The van der Waals surface area contributed by atoms with Crippen molar-refractivity contribution in [3.05, 3.63) is 83.9 Å². The maximum atomic E-state index is 12.8. The van der Waals surface area contributed by atoms with E-state index in [0.717, 1.165) is 29.9 Å². The van der Waals surface area contributed by atoms with Crippen LogP contribution in [0.1, 0.15) is 67.8 Å². The van der Waals surface area contributed by atoms with E-state index >= 15 is 0 Å². The van der Waals surface area contributed by atoms with Crippen LogP contribution in [-0.2, 0) is 0 Å². The van der Waals surface area contributed by atoms with E-state index in [4.69, 9.17) is 14.7 Å². The molecule has 3 aromatic carbocycles. The fraction of sp³-hybridized carbons (Fsp3) is 0.310. The van der Waals surface area contributed by atoms with E-state index in [1.54, 1.807) is 30.3 Å². The molecule has 0 amide bonds. The van der Waals surface area contributed by atoms with Crippen LogP contribution >= 0.6 is 0 Å². The Labute approximate surface area is 196 Å². The van der Waals surface area contributed by atoms with Crippen molar-refractivity contribution >= 4 is 5.97 Å². The first-order valence-electron chi connectivity index (χ1n) is 11.8. The third-order valence-corrected chi connectivity index (χ3v) is 5.52. The van der Waals surface area contributed by atoms with Gasteiger partial charge in [0.2, 0.25) is 0 Å². The first-order valence-corrected chi connectivity index (χ1v) is 11.8. The fourth-order valence-corrected chi connectivity index (χ4v) is 3.65. The number of nitriles is 1. The minimum Gasteiger partial charge on any atom is -0.494 e. The van der Waals surface area contributed by atoms with E-state index in [-0.39, 0.29) is 0 Å². The van der Waals surface area contributed by atoms with Gasteiger partial charge in [-0.15, -0.1) is 0 Å². The van der Waals surface area contributed by atoms with Crippen molar-refractivity contribution in [3.8, 4) is 28.7 Å². The van der Waals surface area contributed by atoms with Gasteiger partial charge in [-0.3, -0.25) is 0 Å². The van der Waals surface area contributed by atoms with Gasteiger partial charge in [0.1, 0.15) is 11.5 Å². The Morgan fingerprint density at radius 3 is 2.12 bits per heavy atom. The summed E-state index contributed by atoms with van der Waals surface area (Å²) in [5.41, 5.74) is 2.73. The molecule has 3 rings (SSSR count). The predicted molar refractivity (Wildman–Crippen MR) is 131 cm³/mol. The molecule has 0 atom stereocenters. The van der Waals surface area contributed by atoms with Crippen LogP contribution in [0.4, 0.5) is 0 Å². The minimum absolute atomic E-state index is 0.405. The van der Waals surface area contributed by atoms with Crippen LogP contribution in [-0.4, -0.2) is 12.6 Å². The number of rotatable bonds is 12. The van der Waals surface area contributed by atoms with Crippen LogP contribution in [0.3, 0.4) is 0 Å². The first kappa shape index (κ1) is 24.1. The summed E-state index contributed by atoms with van der Waals surface area (Å²) in [7, 11) is 0. The van der Waals surface area contributed by atoms with Gasteiger partial charge in [0, 0.05) is 0 Å².